The summed E-state index contributed by atoms with van der Waals surface area (Å²) in [5.41, 5.74) is 5.96. The highest BCUT2D eigenvalue weighted by atomic mass is 16.5. The van der Waals surface area contributed by atoms with E-state index in [0.717, 1.165) is 19.7 Å². The van der Waals surface area contributed by atoms with Crippen LogP contribution in [0, 0.1) is 0 Å². The molecule has 4 heteroatoms. The molecule has 0 bridgehead atoms. The van der Waals surface area contributed by atoms with Crippen LogP contribution in [0.3, 0.4) is 0 Å². The van der Waals surface area contributed by atoms with Crippen molar-refractivity contribution in [3.05, 3.63) is 0 Å². The average Bonchev–Trinajstić information content (AvgIpc) is 2.39. The fourth-order valence-electron chi connectivity index (χ4n) is 3.40. The van der Waals surface area contributed by atoms with Crippen molar-refractivity contribution in [3.8, 4) is 0 Å². The molecule has 2 aliphatic heterocycles. The van der Waals surface area contributed by atoms with E-state index in [1.54, 1.807) is 0 Å². The van der Waals surface area contributed by atoms with Gasteiger partial charge in [0.25, 0.3) is 0 Å². The Balaban J connectivity index is 1.92. The van der Waals surface area contributed by atoms with Crippen molar-refractivity contribution in [2.24, 2.45) is 5.73 Å². The zero-order valence-corrected chi connectivity index (χ0v) is 12.0. The van der Waals surface area contributed by atoms with Crippen molar-refractivity contribution in [2.75, 3.05) is 39.8 Å². The minimum absolute atomic E-state index is 0.479. The van der Waals surface area contributed by atoms with Gasteiger partial charge in [-0.1, -0.05) is 13.3 Å². The van der Waals surface area contributed by atoms with E-state index in [0.29, 0.717) is 18.2 Å². The Hall–Kier alpha value is -0.160. The maximum atomic E-state index is 5.96. The van der Waals surface area contributed by atoms with Gasteiger partial charge in [-0.25, -0.2) is 0 Å². The number of nitrogens with zero attached hydrogens (tertiary/aromatic N) is 2. The van der Waals surface area contributed by atoms with Crippen molar-refractivity contribution in [1.82, 2.24) is 9.80 Å². The average molecular weight is 255 g/mol. The summed E-state index contributed by atoms with van der Waals surface area (Å²) in [5.74, 6) is 0. The molecule has 2 heterocycles. The summed E-state index contributed by atoms with van der Waals surface area (Å²) in [7, 11) is 2.20. The Morgan fingerprint density at radius 3 is 2.89 bits per heavy atom. The van der Waals surface area contributed by atoms with Gasteiger partial charge < -0.3 is 15.4 Å². The second-order valence-electron chi connectivity index (χ2n) is 5.85. The molecule has 0 amide bonds. The molecule has 2 fully saturated rings. The van der Waals surface area contributed by atoms with Crippen LogP contribution in [0.1, 0.15) is 32.6 Å². The van der Waals surface area contributed by atoms with Crippen LogP contribution in [0.2, 0.25) is 0 Å². The second-order valence-corrected chi connectivity index (χ2v) is 5.85. The van der Waals surface area contributed by atoms with E-state index >= 15 is 0 Å². The summed E-state index contributed by atoms with van der Waals surface area (Å²) in [6, 6.07) is 1.23. The number of nitrogens with two attached hydrogens (primary N) is 1. The summed E-state index contributed by atoms with van der Waals surface area (Å²) < 4.78 is 5.86. The zero-order valence-electron chi connectivity index (χ0n) is 12.0. The minimum Gasteiger partial charge on any atom is -0.378 e. The van der Waals surface area contributed by atoms with Gasteiger partial charge in [-0.05, 0) is 26.3 Å². The molecule has 4 nitrogen and oxygen atoms in total. The lowest BCUT2D eigenvalue weighted by atomic mass is 9.96. The van der Waals surface area contributed by atoms with Gasteiger partial charge >= 0.3 is 0 Å². The van der Waals surface area contributed by atoms with Gasteiger partial charge in [0.15, 0.2) is 0 Å². The Bertz CT molecular complexity index is 247. The van der Waals surface area contributed by atoms with Crippen molar-refractivity contribution in [3.63, 3.8) is 0 Å². The summed E-state index contributed by atoms with van der Waals surface area (Å²) in [6.45, 7) is 7.41. The van der Waals surface area contributed by atoms with Gasteiger partial charge in [0.05, 0.1) is 6.10 Å². The largest absolute Gasteiger partial charge is 0.378 e. The maximum Gasteiger partial charge on any atom is 0.0590 e. The number of hydrogen-bond donors (Lipinski definition) is 1. The van der Waals surface area contributed by atoms with Crippen LogP contribution >= 0.6 is 0 Å². The van der Waals surface area contributed by atoms with E-state index in [1.165, 1.54) is 38.8 Å². The Morgan fingerprint density at radius 1 is 1.33 bits per heavy atom. The summed E-state index contributed by atoms with van der Waals surface area (Å²) in [5, 5.41) is 0. The van der Waals surface area contributed by atoms with Crippen LogP contribution in [0.4, 0.5) is 0 Å². The number of rotatable bonds is 4. The molecule has 2 N–H and O–H groups in total. The fraction of sp³-hybridized carbons (Fsp3) is 1.00. The van der Waals surface area contributed by atoms with Crippen LogP contribution in [0.25, 0.3) is 0 Å². The highest BCUT2D eigenvalue weighted by Crippen LogP contribution is 2.25. The molecular weight excluding hydrogens is 226 g/mol. The Kier molecular flexibility index (Phi) is 5.42. The molecule has 2 saturated heterocycles. The quantitative estimate of drug-likeness (QED) is 0.811. The topological polar surface area (TPSA) is 41.7 Å². The Morgan fingerprint density at radius 2 is 2.17 bits per heavy atom. The summed E-state index contributed by atoms with van der Waals surface area (Å²) >= 11 is 0. The summed E-state index contributed by atoms with van der Waals surface area (Å²) in [6.07, 6.45) is 5.29. The molecule has 0 aromatic carbocycles. The van der Waals surface area contributed by atoms with Gasteiger partial charge in [-0.3, -0.25) is 4.90 Å². The normalized spacial score (nSPS) is 35.8. The van der Waals surface area contributed by atoms with E-state index in [1.807, 2.05) is 0 Å². The van der Waals surface area contributed by atoms with E-state index in [2.05, 4.69) is 23.8 Å². The number of likely N-dealkylation sites (N-methyl/N-ethyl adjacent to an activating group) is 1. The number of hydrogen-bond acceptors (Lipinski definition) is 4. The van der Waals surface area contributed by atoms with Crippen LogP contribution in [-0.4, -0.2) is 67.8 Å². The lowest BCUT2D eigenvalue weighted by Gasteiger charge is -2.46. The van der Waals surface area contributed by atoms with Crippen LogP contribution in [0.15, 0.2) is 0 Å². The van der Waals surface area contributed by atoms with Crippen molar-refractivity contribution >= 4 is 0 Å². The smallest absolute Gasteiger partial charge is 0.0590 e. The predicted molar refractivity (Wildman–Crippen MR) is 74.7 cm³/mol. The van der Waals surface area contributed by atoms with Gasteiger partial charge in [-0.2, -0.15) is 0 Å². The molecule has 0 aliphatic carbocycles. The van der Waals surface area contributed by atoms with Crippen LogP contribution in [-0.2, 0) is 4.74 Å². The van der Waals surface area contributed by atoms with E-state index in [4.69, 9.17) is 10.5 Å². The van der Waals surface area contributed by atoms with Crippen molar-refractivity contribution < 1.29 is 4.74 Å². The van der Waals surface area contributed by atoms with E-state index < -0.39 is 0 Å². The molecule has 2 aliphatic rings. The highest BCUT2D eigenvalue weighted by molar-refractivity contribution is 4.89. The van der Waals surface area contributed by atoms with Gasteiger partial charge in [0, 0.05) is 44.9 Å². The second kappa shape index (κ2) is 6.85. The third kappa shape index (κ3) is 3.44. The standard InChI is InChI=1S/C14H29N3O/c1-3-4-14-9-12(5-8-18-14)17-7-6-16(2)11-13(17)10-15/h12-14H,3-11,15H2,1-2H3. The number of piperazine rings is 1. The van der Waals surface area contributed by atoms with Gasteiger partial charge in [-0.15, -0.1) is 0 Å². The van der Waals surface area contributed by atoms with Crippen molar-refractivity contribution in [2.45, 2.75) is 50.8 Å². The molecular formula is C14H29N3O. The Labute approximate surface area is 111 Å². The van der Waals surface area contributed by atoms with E-state index in [9.17, 15) is 0 Å². The maximum absolute atomic E-state index is 5.96. The first-order valence-electron chi connectivity index (χ1n) is 7.50. The van der Waals surface area contributed by atoms with Crippen LogP contribution < -0.4 is 5.73 Å². The first-order valence-corrected chi connectivity index (χ1v) is 7.50. The lowest BCUT2D eigenvalue weighted by molar-refractivity contribution is -0.0517. The molecule has 3 unspecified atom stereocenters. The first kappa shape index (κ1) is 14.3. The fourth-order valence-corrected chi connectivity index (χ4v) is 3.40. The lowest BCUT2D eigenvalue weighted by Crippen LogP contribution is -2.59. The molecule has 0 aromatic rings. The molecule has 18 heavy (non-hydrogen) atoms. The van der Waals surface area contributed by atoms with Crippen LogP contribution in [0.5, 0.6) is 0 Å². The monoisotopic (exact) mass is 255 g/mol. The molecule has 3 atom stereocenters. The summed E-state index contributed by atoms with van der Waals surface area (Å²) in [4.78, 5) is 5.06. The highest BCUT2D eigenvalue weighted by Gasteiger charge is 2.33. The predicted octanol–water partition coefficient (Wildman–Crippen LogP) is 0.909. The van der Waals surface area contributed by atoms with E-state index in [-0.39, 0.29) is 0 Å². The van der Waals surface area contributed by atoms with Gasteiger partial charge in [0.2, 0.25) is 0 Å². The first-order chi connectivity index (χ1) is 8.74. The third-order valence-electron chi connectivity index (χ3n) is 4.42. The SMILES string of the molecule is CCCC1CC(N2CCN(C)CC2CN)CCO1. The third-order valence-corrected chi connectivity index (χ3v) is 4.42. The zero-order chi connectivity index (χ0) is 13.0. The molecule has 0 spiro atoms. The molecule has 2 rings (SSSR count). The number of ether oxygens (including phenoxy) is 1. The molecule has 0 aromatic heterocycles. The molecule has 106 valence electrons. The molecule has 0 saturated carbocycles. The molecule has 0 radical (unpaired) electrons. The minimum atomic E-state index is 0.479. The van der Waals surface area contributed by atoms with Crippen molar-refractivity contribution in [1.29, 1.82) is 0 Å². The van der Waals surface area contributed by atoms with Gasteiger partial charge in [0.1, 0.15) is 0 Å².